The van der Waals surface area contributed by atoms with Crippen LogP contribution < -0.4 is 4.90 Å². The predicted octanol–water partition coefficient (Wildman–Crippen LogP) is 2.03. The van der Waals surface area contributed by atoms with Gasteiger partial charge in [0.1, 0.15) is 6.54 Å². The fraction of sp³-hybridized carbons (Fsp3) is 0.417. The first-order valence-corrected chi connectivity index (χ1v) is 5.88. The lowest BCUT2D eigenvalue weighted by Gasteiger charge is -2.23. The van der Waals surface area contributed by atoms with Crippen molar-refractivity contribution in [3.63, 3.8) is 0 Å². The number of benzene rings is 1. The Balaban J connectivity index is 2.24. The third kappa shape index (κ3) is 3.40. The number of carboxylic acid groups (broad SMARTS) is 1. The van der Waals surface area contributed by atoms with Gasteiger partial charge in [0, 0.05) is 12.6 Å². The molecule has 6 nitrogen and oxygen atoms in total. The number of nitrogens with zero attached hydrogens (tertiary/aromatic N) is 2. The Hall–Kier alpha value is -2.18. The Labute approximate surface area is 108 Å². The molecule has 0 heterocycles. The molecule has 2 rings (SSSR count). The number of aliphatic carboxylic acids is 1. The van der Waals surface area contributed by atoms with E-state index in [0.29, 0.717) is 12.5 Å². The second-order valence-electron chi connectivity index (χ2n) is 4.61. The van der Waals surface area contributed by atoms with Crippen LogP contribution in [0.1, 0.15) is 12.8 Å². The van der Waals surface area contributed by atoms with E-state index in [1.807, 2.05) is 0 Å². The molecular weight excluding hydrogens is 255 g/mol. The van der Waals surface area contributed by atoms with Crippen molar-refractivity contribution in [3.05, 3.63) is 34.1 Å². The molecule has 1 saturated carbocycles. The Bertz CT molecular complexity index is 516. The number of rotatable bonds is 6. The van der Waals surface area contributed by atoms with Crippen molar-refractivity contribution in [2.75, 3.05) is 18.0 Å². The standard InChI is InChI=1S/C12H13FN2O4/c13-10-5-9(15(18)19)3-4-11(10)14(7-12(16)17)6-8-1-2-8/h3-5,8H,1-2,6-7H2,(H,16,17). The van der Waals surface area contributed by atoms with Crippen LogP contribution in [0.3, 0.4) is 0 Å². The number of halogens is 1. The van der Waals surface area contributed by atoms with Crippen LogP contribution >= 0.6 is 0 Å². The van der Waals surface area contributed by atoms with Gasteiger partial charge in [-0.3, -0.25) is 14.9 Å². The summed E-state index contributed by atoms with van der Waals surface area (Å²) in [5.74, 6) is -1.44. The van der Waals surface area contributed by atoms with Crippen LogP contribution in [0.2, 0.25) is 0 Å². The fourth-order valence-corrected chi connectivity index (χ4v) is 1.89. The molecule has 0 spiro atoms. The van der Waals surface area contributed by atoms with Crippen molar-refractivity contribution in [2.24, 2.45) is 5.92 Å². The van der Waals surface area contributed by atoms with E-state index >= 15 is 0 Å². The van der Waals surface area contributed by atoms with Gasteiger partial charge >= 0.3 is 5.97 Å². The average Bonchev–Trinajstić information content (AvgIpc) is 3.11. The maximum atomic E-state index is 13.8. The summed E-state index contributed by atoms with van der Waals surface area (Å²) in [6, 6.07) is 3.26. The van der Waals surface area contributed by atoms with Gasteiger partial charge in [0.2, 0.25) is 0 Å². The van der Waals surface area contributed by atoms with Gasteiger partial charge in [-0.1, -0.05) is 0 Å². The maximum absolute atomic E-state index is 13.8. The molecule has 0 bridgehead atoms. The summed E-state index contributed by atoms with van der Waals surface area (Å²) in [5.41, 5.74) is -0.247. The molecule has 0 aromatic heterocycles. The molecular formula is C12H13FN2O4. The predicted molar refractivity (Wildman–Crippen MR) is 65.6 cm³/mol. The molecule has 102 valence electrons. The number of nitro groups is 1. The Morgan fingerprint density at radius 2 is 2.21 bits per heavy atom. The van der Waals surface area contributed by atoms with Gasteiger partial charge in [-0.2, -0.15) is 0 Å². The summed E-state index contributed by atoms with van der Waals surface area (Å²) < 4.78 is 13.8. The number of carbonyl (C=O) groups is 1. The van der Waals surface area contributed by atoms with E-state index in [-0.39, 0.29) is 17.9 Å². The largest absolute Gasteiger partial charge is 0.480 e. The molecule has 0 atom stereocenters. The topological polar surface area (TPSA) is 83.7 Å². The molecule has 0 unspecified atom stereocenters. The van der Waals surface area contributed by atoms with Gasteiger partial charge in [0.15, 0.2) is 5.82 Å². The zero-order valence-corrected chi connectivity index (χ0v) is 10.1. The maximum Gasteiger partial charge on any atom is 0.323 e. The molecule has 1 aromatic rings. The van der Waals surface area contributed by atoms with Gasteiger partial charge in [-0.15, -0.1) is 0 Å². The van der Waals surface area contributed by atoms with E-state index in [1.54, 1.807) is 0 Å². The Morgan fingerprint density at radius 1 is 1.53 bits per heavy atom. The second kappa shape index (κ2) is 5.21. The minimum absolute atomic E-state index is 0.0971. The fourth-order valence-electron chi connectivity index (χ4n) is 1.89. The van der Waals surface area contributed by atoms with Gasteiger partial charge in [-0.25, -0.2) is 4.39 Å². The summed E-state index contributed by atoms with van der Waals surface area (Å²) in [5, 5.41) is 19.4. The zero-order valence-electron chi connectivity index (χ0n) is 10.1. The number of nitro benzene ring substituents is 1. The summed E-state index contributed by atoms with van der Waals surface area (Å²) >= 11 is 0. The highest BCUT2D eigenvalue weighted by Gasteiger charge is 2.27. The summed E-state index contributed by atoms with van der Waals surface area (Å²) in [6.07, 6.45) is 2.01. The Kier molecular flexibility index (Phi) is 3.64. The van der Waals surface area contributed by atoms with Crippen LogP contribution in [0.25, 0.3) is 0 Å². The number of hydrogen-bond donors (Lipinski definition) is 1. The summed E-state index contributed by atoms with van der Waals surface area (Å²) in [4.78, 5) is 22.1. The highest BCUT2D eigenvalue weighted by atomic mass is 19.1. The molecule has 0 amide bonds. The van der Waals surface area contributed by atoms with Crippen molar-refractivity contribution in [2.45, 2.75) is 12.8 Å². The molecule has 1 fully saturated rings. The smallest absolute Gasteiger partial charge is 0.323 e. The van der Waals surface area contributed by atoms with E-state index in [2.05, 4.69) is 0 Å². The van der Waals surface area contributed by atoms with E-state index < -0.39 is 16.7 Å². The first kappa shape index (κ1) is 13.3. The van der Waals surface area contributed by atoms with E-state index in [1.165, 1.54) is 17.0 Å². The minimum atomic E-state index is -1.06. The average molecular weight is 268 g/mol. The van der Waals surface area contributed by atoms with Gasteiger partial charge < -0.3 is 10.0 Å². The van der Waals surface area contributed by atoms with Crippen LogP contribution in [-0.2, 0) is 4.79 Å². The Morgan fingerprint density at radius 3 is 2.68 bits per heavy atom. The van der Waals surface area contributed by atoms with E-state index in [0.717, 1.165) is 18.9 Å². The lowest BCUT2D eigenvalue weighted by molar-refractivity contribution is -0.385. The molecule has 0 aliphatic heterocycles. The summed E-state index contributed by atoms with van der Waals surface area (Å²) in [7, 11) is 0. The number of non-ortho nitro benzene ring substituents is 1. The van der Waals surface area contributed by atoms with Gasteiger partial charge in [0.05, 0.1) is 16.7 Å². The van der Waals surface area contributed by atoms with Crippen molar-refractivity contribution in [3.8, 4) is 0 Å². The first-order valence-electron chi connectivity index (χ1n) is 5.88. The molecule has 7 heteroatoms. The van der Waals surface area contributed by atoms with Crippen molar-refractivity contribution >= 4 is 17.3 Å². The molecule has 1 N–H and O–H groups in total. The van der Waals surface area contributed by atoms with E-state index in [9.17, 15) is 19.3 Å². The molecule has 19 heavy (non-hydrogen) atoms. The van der Waals surface area contributed by atoms with Crippen LogP contribution in [0.4, 0.5) is 15.8 Å². The van der Waals surface area contributed by atoms with Gasteiger partial charge in [-0.05, 0) is 24.8 Å². The zero-order chi connectivity index (χ0) is 14.0. The highest BCUT2D eigenvalue weighted by molar-refractivity contribution is 5.74. The number of anilines is 1. The quantitative estimate of drug-likeness (QED) is 0.630. The second-order valence-corrected chi connectivity index (χ2v) is 4.61. The number of hydrogen-bond acceptors (Lipinski definition) is 4. The minimum Gasteiger partial charge on any atom is -0.480 e. The van der Waals surface area contributed by atoms with Gasteiger partial charge in [0.25, 0.3) is 5.69 Å². The van der Waals surface area contributed by atoms with Crippen molar-refractivity contribution in [1.29, 1.82) is 0 Å². The monoisotopic (exact) mass is 268 g/mol. The lowest BCUT2D eigenvalue weighted by Crippen LogP contribution is -2.32. The third-order valence-electron chi connectivity index (χ3n) is 2.98. The lowest BCUT2D eigenvalue weighted by atomic mass is 10.2. The van der Waals surface area contributed by atoms with Crippen molar-refractivity contribution in [1.82, 2.24) is 0 Å². The van der Waals surface area contributed by atoms with Crippen LogP contribution in [0.15, 0.2) is 18.2 Å². The van der Waals surface area contributed by atoms with Crippen LogP contribution in [0.5, 0.6) is 0 Å². The third-order valence-corrected chi connectivity index (χ3v) is 2.98. The first-order chi connectivity index (χ1) is 8.97. The van der Waals surface area contributed by atoms with E-state index in [4.69, 9.17) is 5.11 Å². The normalized spacial score (nSPS) is 14.2. The SMILES string of the molecule is O=C(O)CN(CC1CC1)c1ccc([N+](=O)[O-])cc1F. The molecule has 1 aromatic carbocycles. The highest BCUT2D eigenvalue weighted by Crippen LogP contribution is 2.32. The molecule has 1 aliphatic rings. The molecule has 1 aliphatic carbocycles. The molecule has 0 radical (unpaired) electrons. The molecule has 0 saturated heterocycles. The van der Waals surface area contributed by atoms with Crippen molar-refractivity contribution < 1.29 is 19.2 Å². The van der Waals surface area contributed by atoms with Crippen LogP contribution in [0, 0.1) is 21.8 Å². The van der Waals surface area contributed by atoms with Crippen LogP contribution in [-0.4, -0.2) is 29.1 Å². The number of carboxylic acids is 1. The summed E-state index contributed by atoms with van der Waals surface area (Å²) in [6.45, 7) is 0.145.